The fourth-order valence-electron chi connectivity index (χ4n) is 2.68. The molecule has 0 amide bonds. The molecular formula is C17H22ClN3O2. The van der Waals surface area contributed by atoms with E-state index in [0.717, 1.165) is 29.6 Å². The molecular weight excluding hydrogens is 314 g/mol. The normalized spacial score (nSPS) is 15.0. The SMILES string of the molecule is CCOc1ccc(CN(C)Cc2noc(C3CCC3)n2)cc1Cl. The lowest BCUT2D eigenvalue weighted by atomic mass is 9.85. The molecule has 5 nitrogen and oxygen atoms in total. The zero-order valence-corrected chi connectivity index (χ0v) is 14.3. The lowest BCUT2D eigenvalue weighted by Gasteiger charge is -2.20. The monoisotopic (exact) mass is 335 g/mol. The van der Waals surface area contributed by atoms with Gasteiger partial charge in [0.15, 0.2) is 5.82 Å². The average molecular weight is 336 g/mol. The second-order valence-electron chi connectivity index (χ2n) is 6.05. The van der Waals surface area contributed by atoms with Gasteiger partial charge in [0.2, 0.25) is 5.89 Å². The van der Waals surface area contributed by atoms with Crippen molar-refractivity contribution in [2.24, 2.45) is 0 Å². The highest BCUT2D eigenvalue weighted by Gasteiger charge is 2.25. The number of hydrogen-bond acceptors (Lipinski definition) is 5. The third-order valence-corrected chi connectivity index (χ3v) is 4.39. The van der Waals surface area contributed by atoms with E-state index >= 15 is 0 Å². The molecule has 0 radical (unpaired) electrons. The van der Waals surface area contributed by atoms with Gasteiger partial charge in [0.05, 0.1) is 18.2 Å². The van der Waals surface area contributed by atoms with E-state index in [1.54, 1.807) is 0 Å². The van der Waals surface area contributed by atoms with Gasteiger partial charge in [0.1, 0.15) is 5.75 Å². The van der Waals surface area contributed by atoms with Crippen LogP contribution < -0.4 is 4.74 Å². The Labute approximate surface area is 141 Å². The van der Waals surface area contributed by atoms with Crippen molar-refractivity contribution >= 4 is 11.6 Å². The van der Waals surface area contributed by atoms with Crippen LogP contribution in [0.25, 0.3) is 0 Å². The molecule has 3 rings (SSSR count). The number of aromatic nitrogens is 2. The van der Waals surface area contributed by atoms with Crippen LogP contribution in [0.4, 0.5) is 0 Å². The van der Waals surface area contributed by atoms with Crippen LogP contribution >= 0.6 is 11.6 Å². The molecule has 1 aromatic carbocycles. The Morgan fingerprint density at radius 1 is 1.35 bits per heavy atom. The van der Waals surface area contributed by atoms with Crippen molar-refractivity contribution in [3.63, 3.8) is 0 Å². The lowest BCUT2D eigenvalue weighted by Crippen LogP contribution is -2.18. The molecule has 1 aromatic heterocycles. The zero-order chi connectivity index (χ0) is 16.2. The fourth-order valence-corrected chi connectivity index (χ4v) is 2.93. The summed E-state index contributed by atoms with van der Waals surface area (Å²) in [6, 6.07) is 5.89. The van der Waals surface area contributed by atoms with Crippen molar-refractivity contribution in [2.75, 3.05) is 13.7 Å². The molecule has 1 aliphatic rings. The predicted octanol–water partition coefficient (Wildman–Crippen LogP) is 4.02. The van der Waals surface area contributed by atoms with Crippen LogP contribution in [-0.4, -0.2) is 28.7 Å². The Kier molecular flexibility index (Phi) is 5.18. The van der Waals surface area contributed by atoms with Gasteiger partial charge in [-0.15, -0.1) is 0 Å². The summed E-state index contributed by atoms with van der Waals surface area (Å²) in [4.78, 5) is 6.64. The maximum absolute atomic E-state index is 6.23. The minimum absolute atomic E-state index is 0.478. The van der Waals surface area contributed by atoms with Crippen molar-refractivity contribution in [1.82, 2.24) is 15.0 Å². The summed E-state index contributed by atoms with van der Waals surface area (Å²) >= 11 is 6.23. The molecule has 0 N–H and O–H groups in total. The average Bonchev–Trinajstić information content (AvgIpc) is 2.88. The molecule has 0 aliphatic heterocycles. The summed E-state index contributed by atoms with van der Waals surface area (Å²) < 4.78 is 10.8. The smallest absolute Gasteiger partial charge is 0.229 e. The van der Waals surface area contributed by atoms with Gasteiger partial charge in [0, 0.05) is 12.5 Å². The minimum Gasteiger partial charge on any atom is -0.492 e. The Morgan fingerprint density at radius 3 is 2.83 bits per heavy atom. The first kappa shape index (κ1) is 16.3. The van der Waals surface area contributed by atoms with Gasteiger partial charge in [0.25, 0.3) is 0 Å². The van der Waals surface area contributed by atoms with E-state index in [9.17, 15) is 0 Å². The van der Waals surface area contributed by atoms with Crippen LogP contribution in [0, 0.1) is 0 Å². The molecule has 0 spiro atoms. The first-order chi connectivity index (χ1) is 11.2. The van der Waals surface area contributed by atoms with E-state index in [-0.39, 0.29) is 0 Å². The topological polar surface area (TPSA) is 51.4 Å². The first-order valence-electron chi connectivity index (χ1n) is 8.08. The van der Waals surface area contributed by atoms with E-state index < -0.39 is 0 Å². The van der Waals surface area contributed by atoms with Crippen molar-refractivity contribution < 1.29 is 9.26 Å². The van der Waals surface area contributed by atoms with Gasteiger partial charge < -0.3 is 9.26 Å². The molecule has 1 fully saturated rings. The van der Waals surface area contributed by atoms with Gasteiger partial charge in [-0.05, 0) is 44.5 Å². The molecule has 1 aliphatic carbocycles. The van der Waals surface area contributed by atoms with Gasteiger partial charge in [-0.2, -0.15) is 4.98 Å². The van der Waals surface area contributed by atoms with E-state index in [1.165, 1.54) is 19.3 Å². The fraction of sp³-hybridized carbons (Fsp3) is 0.529. The molecule has 0 unspecified atom stereocenters. The second kappa shape index (κ2) is 7.32. The second-order valence-corrected chi connectivity index (χ2v) is 6.45. The summed E-state index contributed by atoms with van der Waals surface area (Å²) in [6.07, 6.45) is 3.60. The number of nitrogens with zero attached hydrogens (tertiary/aromatic N) is 3. The van der Waals surface area contributed by atoms with Gasteiger partial charge in [-0.1, -0.05) is 29.2 Å². The van der Waals surface area contributed by atoms with Crippen LogP contribution in [0.15, 0.2) is 22.7 Å². The summed E-state index contributed by atoms with van der Waals surface area (Å²) in [5, 5.41) is 4.73. The van der Waals surface area contributed by atoms with Crippen LogP contribution in [0.3, 0.4) is 0 Å². The quantitative estimate of drug-likeness (QED) is 0.764. The van der Waals surface area contributed by atoms with Crippen molar-refractivity contribution in [2.45, 2.75) is 45.2 Å². The Morgan fingerprint density at radius 2 is 2.17 bits per heavy atom. The van der Waals surface area contributed by atoms with E-state index in [4.69, 9.17) is 20.9 Å². The third-order valence-electron chi connectivity index (χ3n) is 4.10. The summed E-state index contributed by atoms with van der Waals surface area (Å²) in [6.45, 7) is 3.97. The highest BCUT2D eigenvalue weighted by atomic mass is 35.5. The van der Waals surface area contributed by atoms with Crippen LogP contribution in [0.2, 0.25) is 5.02 Å². The number of ether oxygens (including phenoxy) is 1. The highest BCUT2D eigenvalue weighted by Crippen LogP contribution is 2.35. The van der Waals surface area contributed by atoms with E-state index in [1.807, 2.05) is 32.2 Å². The molecule has 0 atom stereocenters. The summed E-state index contributed by atoms with van der Waals surface area (Å²) in [7, 11) is 2.03. The lowest BCUT2D eigenvalue weighted by molar-refractivity contribution is 0.281. The molecule has 0 bridgehead atoms. The van der Waals surface area contributed by atoms with Gasteiger partial charge >= 0.3 is 0 Å². The predicted molar refractivity (Wildman–Crippen MR) is 88.7 cm³/mol. The Balaban J connectivity index is 1.57. The largest absolute Gasteiger partial charge is 0.492 e. The van der Waals surface area contributed by atoms with Crippen molar-refractivity contribution in [1.29, 1.82) is 0 Å². The summed E-state index contributed by atoms with van der Waals surface area (Å²) in [5.41, 5.74) is 1.13. The summed E-state index contributed by atoms with van der Waals surface area (Å²) in [5.74, 6) is 2.74. The third kappa shape index (κ3) is 4.03. The number of halogens is 1. The Bertz CT molecular complexity index is 655. The molecule has 23 heavy (non-hydrogen) atoms. The van der Waals surface area contributed by atoms with E-state index in [0.29, 0.717) is 24.1 Å². The van der Waals surface area contributed by atoms with Crippen molar-refractivity contribution in [3.05, 3.63) is 40.5 Å². The molecule has 1 heterocycles. The Hall–Kier alpha value is -1.59. The van der Waals surface area contributed by atoms with Gasteiger partial charge in [-0.3, -0.25) is 4.90 Å². The molecule has 0 saturated heterocycles. The zero-order valence-electron chi connectivity index (χ0n) is 13.6. The first-order valence-corrected chi connectivity index (χ1v) is 8.45. The van der Waals surface area contributed by atoms with Crippen LogP contribution in [0.5, 0.6) is 5.75 Å². The van der Waals surface area contributed by atoms with Crippen molar-refractivity contribution in [3.8, 4) is 5.75 Å². The molecule has 124 valence electrons. The van der Waals surface area contributed by atoms with Gasteiger partial charge in [-0.25, -0.2) is 0 Å². The number of benzene rings is 1. The maximum atomic E-state index is 6.23. The molecule has 6 heteroatoms. The number of hydrogen-bond donors (Lipinski definition) is 0. The molecule has 2 aromatic rings. The van der Waals surface area contributed by atoms with Crippen LogP contribution in [0.1, 0.15) is 49.4 Å². The molecule has 1 saturated carbocycles. The van der Waals surface area contributed by atoms with E-state index in [2.05, 4.69) is 15.0 Å². The highest BCUT2D eigenvalue weighted by molar-refractivity contribution is 6.32. The van der Waals surface area contributed by atoms with Crippen LogP contribution in [-0.2, 0) is 13.1 Å². The maximum Gasteiger partial charge on any atom is 0.229 e. The standard InChI is InChI=1S/C17H22ClN3O2/c1-3-22-15-8-7-12(9-14(15)18)10-21(2)11-16-19-17(23-20-16)13-5-4-6-13/h7-9,13H,3-6,10-11H2,1-2H3. The number of rotatable bonds is 7. The minimum atomic E-state index is 0.478.